The van der Waals surface area contributed by atoms with Crippen molar-refractivity contribution in [2.24, 2.45) is 0 Å². The molecule has 0 radical (unpaired) electrons. The first-order valence-corrected chi connectivity index (χ1v) is 3.38. The molecule has 0 saturated heterocycles. The Labute approximate surface area is 53.7 Å². The molecule has 1 atom stereocenters. The average Bonchev–Trinajstić information content (AvgIpc) is 1.83. The van der Waals surface area contributed by atoms with Gasteiger partial charge in [0.1, 0.15) is 0 Å². The van der Waals surface area contributed by atoms with E-state index in [2.05, 4.69) is 4.52 Å². The van der Waals surface area contributed by atoms with Gasteiger partial charge in [0.15, 0.2) is 8.38 Å². The van der Waals surface area contributed by atoms with Crippen molar-refractivity contribution < 1.29 is 19.3 Å². The maximum absolute atomic E-state index is 9.78. The Bertz CT molecular complexity index is 122. The smallest absolute Gasteiger partial charge is 0.328 e. The van der Waals surface area contributed by atoms with Crippen molar-refractivity contribution in [2.45, 2.75) is 0 Å². The summed E-state index contributed by atoms with van der Waals surface area (Å²) in [5.74, 6) is 0.00565. The molecule has 0 aromatic heterocycles. The van der Waals surface area contributed by atoms with Gasteiger partial charge < -0.3 is 14.5 Å². The van der Waals surface area contributed by atoms with Crippen LogP contribution in [0.1, 0.15) is 0 Å². The molecule has 0 saturated carbocycles. The van der Waals surface area contributed by atoms with E-state index in [0.717, 1.165) is 11.9 Å². The van der Waals surface area contributed by atoms with E-state index in [1.807, 2.05) is 0 Å². The van der Waals surface area contributed by atoms with E-state index >= 15 is 0 Å². The lowest BCUT2D eigenvalue weighted by atomic mass is 10.7. The second kappa shape index (κ2) is 4.44. The largest absolute Gasteiger partial charge is 0.478 e. The zero-order valence-electron chi connectivity index (χ0n) is 4.81. The molecule has 0 aliphatic heterocycles. The number of hydrogen-bond acceptors (Lipinski definition) is 3. The van der Waals surface area contributed by atoms with Gasteiger partial charge in [-0.2, -0.15) is 0 Å². The van der Waals surface area contributed by atoms with E-state index in [4.69, 9.17) is 10.00 Å². The summed E-state index contributed by atoms with van der Waals surface area (Å²) in [6.07, 6.45) is 0.842. The highest BCUT2D eigenvalue weighted by atomic mass is 31.2. The molecular weight excluding hydrogens is 143 g/mol. The van der Waals surface area contributed by atoms with Crippen molar-refractivity contribution in [3.8, 4) is 0 Å². The van der Waals surface area contributed by atoms with E-state index in [0.29, 0.717) is 0 Å². The monoisotopic (exact) mass is 150 g/mol. The predicted octanol–water partition coefficient (Wildman–Crippen LogP) is 0.535. The van der Waals surface area contributed by atoms with Crippen molar-refractivity contribution in [1.29, 1.82) is 0 Å². The summed E-state index contributed by atoms with van der Waals surface area (Å²) in [5, 5.41) is 8.01. The van der Waals surface area contributed by atoms with Crippen molar-refractivity contribution in [3.63, 3.8) is 0 Å². The number of rotatable bonds is 3. The molecule has 0 aliphatic rings. The molecule has 0 rings (SSSR count). The Hall–Kier alpha value is -0.440. The van der Waals surface area contributed by atoms with E-state index in [9.17, 15) is 4.79 Å². The SMILES string of the molecule is COP(O)/C=C\C(=O)O. The number of aliphatic carboxylic acids is 1. The highest BCUT2D eigenvalue weighted by Gasteiger charge is 1.94. The number of carboxylic acids is 1. The first-order valence-electron chi connectivity index (χ1n) is 2.10. The summed E-state index contributed by atoms with van der Waals surface area (Å²) in [6, 6.07) is 0. The first-order chi connectivity index (χ1) is 4.16. The second-order valence-electron chi connectivity index (χ2n) is 1.14. The lowest BCUT2D eigenvalue weighted by Crippen LogP contribution is -1.85. The van der Waals surface area contributed by atoms with Gasteiger partial charge in [-0.05, 0) is 0 Å². The zero-order valence-corrected chi connectivity index (χ0v) is 5.71. The van der Waals surface area contributed by atoms with Gasteiger partial charge in [0.2, 0.25) is 0 Å². The van der Waals surface area contributed by atoms with Crippen molar-refractivity contribution in [1.82, 2.24) is 0 Å². The highest BCUT2D eigenvalue weighted by molar-refractivity contribution is 7.49. The molecule has 5 heteroatoms. The van der Waals surface area contributed by atoms with E-state index in [1.165, 1.54) is 7.11 Å². The van der Waals surface area contributed by atoms with Crippen molar-refractivity contribution in [2.75, 3.05) is 7.11 Å². The van der Waals surface area contributed by atoms with Crippen LogP contribution in [0.15, 0.2) is 11.9 Å². The minimum Gasteiger partial charge on any atom is -0.478 e. The normalized spacial score (nSPS) is 14.0. The molecule has 4 nitrogen and oxygen atoms in total. The van der Waals surface area contributed by atoms with Gasteiger partial charge in [0.05, 0.1) is 0 Å². The summed E-state index contributed by atoms with van der Waals surface area (Å²) >= 11 is 0. The maximum atomic E-state index is 9.78. The Morgan fingerprint density at radius 2 is 2.33 bits per heavy atom. The average molecular weight is 150 g/mol. The van der Waals surface area contributed by atoms with Crippen LogP contribution < -0.4 is 0 Å². The Kier molecular flexibility index (Phi) is 4.22. The van der Waals surface area contributed by atoms with Gasteiger partial charge in [-0.15, -0.1) is 0 Å². The molecular formula is C4H7O4P. The molecule has 0 spiro atoms. The fourth-order valence-electron chi connectivity index (χ4n) is 0.188. The quantitative estimate of drug-likeness (QED) is 0.455. The van der Waals surface area contributed by atoms with Crippen LogP contribution >= 0.6 is 8.38 Å². The molecule has 2 N–H and O–H groups in total. The molecule has 52 valence electrons. The molecule has 0 aromatic rings. The predicted molar refractivity (Wildman–Crippen MR) is 32.9 cm³/mol. The van der Waals surface area contributed by atoms with Crippen LogP contribution in [-0.2, 0) is 9.32 Å². The van der Waals surface area contributed by atoms with Gasteiger partial charge in [-0.1, -0.05) is 0 Å². The minimum absolute atomic E-state index is 0.842. The van der Waals surface area contributed by atoms with Gasteiger partial charge in [0, 0.05) is 19.0 Å². The molecule has 0 aliphatic carbocycles. The number of hydrogen-bond donors (Lipinski definition) is 2. The molecule has 0 fully saturated rings. The highest BCUT2D eigenvalue weighted by Crippen LogP contribution is 2.30. The van der Waals surface area contributed by atoms with Crippen LogP contribution in [0.4, 0.5) is 0 Å². The summed E-state index contributed by atoms with van der Waals surface area (Å²) in [7, 11) is -0.369. The van der Waals surface area contributed by atoms with E-state index in [-0.39, 0.29) is 0 Å². The summed E-state index contributed by atoms with van der Waals surface area (Å²) in [6.45, 7) is 0. The topological polar surface area (TPSA) is 66.8 Å². The van der Waals surface area contributed by atoms with Crippen LogP contribution in [0.25, 0.3) is 0 Å². The van der Waals surface area contributed by atoms with Crippen LogP contribution in [-0.4, -0.2) is 23.1 Å². The Morgan fingerprint density at radius 3 is 2.67 bits per heavy atom. The van der Waals surface area contributed by atoms with Gasteiger partial charge in [-0.25, -0.2) is 4.79 Å². The molecule has 0 aromatic carbocycles. The summed E-state index contributed by atoms with van der Waals surface area (Å²) in [5.41, 5.74) is 0. The maximum Gasteiger partial charge on any atom is 0.328 e. The second-order valence-corrected chi connectivity index (χ2v) is 2.41. The van der Waals surface area contributed by atoms with Crippen molar-refractivity contribution >= 4 is 14.3 Å². The van der Waals surface area contributed by atoms with Crippen LogP contribution in [0.3, 0.4) is 0 Å². The van der Waals surface area contributed by atoms with Crippen LogP contribution in [0, 0.1) is 0 Å². The number of carboxylic acid groups (broad SMARTS) is 1. The fraction of sp³-hybridized carbons (Fsp3) is 0.250. The van der Waals surface area contributed by atoms with Gasteiger partial charge in [-0.3, -0.25) is 0 Å². The van der Waals surface area contributed by atoms with E-state index in [1.54, 1.807) is 0 Å². The number of carbonyl (C=O) groups is 1. The first kappa shape index (κ1) is 8.56. The van der Waals surface area contributed by atoms with Gasteiger partial charge in [0.25, 0.3) is 0 Å². The lowest BCUT2D eigenvalue weighted by molar-refractivity contribution is -0.131. The molecule has 0 bridgehead atoms. The minimum atomic E-state index is -1.67. The van der Waals surface area contributed by atoms with Gasteiger partial charge >= 0.3 is 5.97 Å². The Morgan fingerprint density at radius 1 is 1.78 bits per heavy atom. The molecule has 0 amide bonds. The Balaban J connectivity index is 3.56. The fourth-order valence-corrected chi connectivity index (χ4v) is 0.565. The lowest BCUT2D eigenvalue weighted by Gasteiger charge is -1.96. The van der Waals surface area contributed by atoms with Crippen LogP contribution in [0.2, 0.25) is 0 Å². The molecule has 9 heavy (non-hydrogen) atoms. The summed E-state index contributed by atoms with van der Waals surface area (Å²) in [4.78, 5) is 18.4. The molecule has 1 unspecified atom stereocenters. The third-order valence-corrected chi connectivity index (χ3v) is 1.31. The standard InChI is InChI=1S/C4H7O4P/c1-8-9(7)3-2-4(5)6/h2-3,7H,1H3,(H,5,6)/b3-2-. The summed E-state index contributed by atoms with van der Waals surface area (Å²) < 4.78 is 4.37. The zero-order chi connectivity index (χ0) is 7.28. The third kappa shape index (κ3) is 5.43. The van der Waals surface area contributed by atoms with Crippen LogP contribution in [0.5, 0.6) is 0 Å². The molecule has 0 heterocycles. The third-order valence-electron chi connectivity index (χ3n) is 0.532. The van der Waals surface area contributed by atoms with E-state index < -0.39 is 14.3 Å². The van der Waals surface area contributed by atoms with Crippen molar-refractivity contribution in [3.05, 3.63) is 11.9 Å².